The highest BCUT2D eigenvalue weighted by atomic mass is 19.1. The number of anilines is 1. The first-order valence-corrected chi connectivity index (χ1v) is 5.81. The summed E-state index contributed by atoms with van der Waals surface area (Å²) in [5.41, 5.74) is 7.06. The molecule has 1 aromatic heterocycles. The Morgan fingerprint density at radius 3 is 2.58 bits per heavy atom. The number of amides is 1. The molecule has 0 spiro atoms. The van der Waals surface area contributed by atoms with Gasteiger partial charge in [0.2, 0.25) is 0 Å². The van der Waals surface area contributed by atoms with Crippen LogP contribution in [0.1, 0.15) is 16.2 Å². The predicted molar refractivity (Wildman–Crippen MR) is 71.3 cm³/mol. The highest BCUT2D eigenvalue weighted by Crippen LogP contribution is 2.15. The van der Waals surface area contributed by atoms with Crippen LogP contribution in [-0.2, 0) is 6.54 Å². The number of hydrogen-bond acceptors (Lipinski definition) is 3. The van der Waals surface area contributed by atoms with Gasteiger partial charge in [-0.25, -0.2) is 9.37 Å². The minimum atomic E-state index is -0.340. The van der Waals surface area contributed by atoms with Gasteiger partial charge in [-0.05, 0) is 36.4 Å². The Hall–Kier alpha value is -2.27. The number of carbonyl (C=O) groups excluding carboxylic acids is 1. The van der Waals surface area contributed by atoms with Crippen LogP contribution in [0.4, 0.5) is 10.1 Å². The number of benzene rings is 1. The number of nitrogens with two attached hydrogens (primary N) is 1. The highest BCUT2D eigenvalue weighted by Gasteiger charge is 2.15. The lowest BCUT2D eigenvalue weighted by molar-refractivity contribution is 0.0988. The van der Waals surface area contributed by atoms with Crippen LogP contribution in [0.5, 0.6) is 0 Å². The molecule has 5 heteroatoms. The van der Waals surface area contributed by atoms with E-state index < -0.39 is 0 Å². The molecule has 0 bridgehead atoms. The fourth-order valence-corrected chi connectivity index (χ4v) is 1.67. The van der Waals surface area contributed by atoms with E-state index in [0.717, 1.165) is 0 Å². The van der Waals surface area contributed by atoms with E-state index in [1.165, 1.54) is 17.0 Å². The molecule has 2 aromatic rings. The summed E-state index contributed by atoms with van der Waals surface area (Å²) in [6, 6.07) is 10.8. The molecule has 0 aliphatic rings. The molecule has 0 aliphatic heterocycles. The summed E-state index contributed by atoms with van der Waals surface area (Å²) >= 11 is 0. The molecule has 0 aliphatic carbocycles. The quantitative estimate of drug-likeness (QED) is 0.916. The number of aromatic nitrogens is 1. The minimum Gasteiger partial charge on any atom is -0.325 e. The SMILES string of the molecule is CN(C(=O)c1cccc(CN)n1)c1ccc(F)cc1. The lowest BCUT2D eigenvalue weighted by Crippen LogP contribution is -2.27. The lowest BCUT2D eigenvalue weighted by Gasteiger charge is -2.17. The number of nitrogens with zero attached hydrogens (tertiary/aromatic N) is 2. The van der Waals surface area contributed by atoms with Crippen molar-refractivity contribution in [2.45, 2.75) is 6.54 Å². The van der Waals surface area contributed by atoms with Crippen LogP contribution < -0.4 is 10.6 Å². The molecule has 19 heavy (non-hydrogen) atoms. The van der Waals surface area contributed by atoms with Crippen molar-refractivity contribution < 1.29 is 9.18 Å². The fraction of sp³-hybridized carbons (Fsp3) is 0.143. The number of pyridine rings is 1. The number of carbonyl (C=O) groups is 1. The molecule has 0 saturated heterocycles. The molecule has 98 valence electrons. The molecular weight excluding hydrogens is 245 g/mol. The van der Waals surface area contributed by atoms with Crippen molar-refractivity contribution in [3.63, 3.8) is 0 Å². The van der Waals surface area contributed by atoms with E-state index in [0.29, 0.717) is 17.1 Å². The molecule has 2 rings (SSSR count). The van der Waals surface area contributed by atoms with Crippen molar-refractivity contribution in [2.24, 2.45) is 5.73 Å². The first-order chi connectivity index (χ1) is 9.11. The Kier molecular flexibility index (Phi) is 3.87. The molecule has 0 unspecified atom stereocenters. The van der Waals surface area contributed by atoms with Crippen molar-refractivity contribution in [1.82, 2.24) is 4.98 Å². The summed E-state index contributed by atoms with van der Waals surface area (Å²) in [7, 11) is 1.62. The van der Waals surface area contributed by atoms with E-state index >= 15 is 0 Å². The third-order valence-electron chi connectivity index (χ3n) is 2.75. The van der Waals surface area contributed by atoms with E-state index in [1.54, 1.807) is 37.4 Å². The van der Waals surface area contributed by atoms with E-state index in [9.17, 15) is 9.18 Å². The van der Waals surface area contributed by atoms with Crippen molar-refractivity contribution in [2.75, 3.05) is 11.9 Å². The molecule has 0 radical (unpaired) electrons. The number of rotatable bonds is 3. The normalized spacial score (nSPS) is 10.3. The summed E-state index contributed by atoms with van der Waals surface area (Å²) in [6.45, 7) is 0.279. The van der Waals surface area contributed by atoms with Gasteiger partial charge in [0.25, 0.3) is 5.91 Å². The van der Waals surface area contributed by atoms with Gasteiger partial charge in [0.05, 0.1) is 5.69 Å². The maximum atomic E-state index is 12.8. The van der Waals surface area contributed by atoms with E-state index in [4.69, 9.17) is 5.73 Å². The summed E-state index contributed by atoms with van der Waals surface area (Å²) in [4.78, 5) is 17.8. The summed E-state index contributed by atoms with van der Waals surface area (Å²) in [6.07, 6.45) is 0. The predicted octanol–water partition coefficient (Wildman–Crippen LogP) is 1.96. The highest BCUT2D eigenvalue weighted by molar-refractivity contribution is 6.04. The lowest BCUT2D eigenvalue weighted by atomic mass is 10.2. The van der Waals surface area contributed by atoms with Gasteiger partial charge < -0.3 is 10.6 Å². The molecule has 1 heterocycles. The zero-order valence-corrected chi connectivity index (χ0v) is 10.5. The van der Waals surface area contributed by atoms with E-state index in [-0.39, 0.29) is 18.3 Å². The summed E-state index contributed by atoms with van der Waals surface area (Å²) in [5.74, 6) is -0.602. The summed E-state index contributed by atoms with van der Waals surface area (Å²) in [5, 5.41) is 0. The van der Waals surface area contributed by atoms with Crippen LogP contribution >= 0.6 is 0 Å². The first-order valence-electron chi connectivity index (χ1n) is 5.81. The van der Waals surface area contributed by atoms with Crippen molar-refractivity contribution >= 4 is 11.6 Å². The van der Waals surface area contributed by atoms with Crippen LogP contribution in [0.3, 0.4) is 0 Å². The molecule has 0 atom stereocenters. The van der Waals surface area contributed by atoms with Gasteiger partial charge in [-0.1, -0.05) is 6.07 Å². The van der Waals surface area contributed by atoms with Gasteiger partial charge >= 0.3 is 0 Å². The molecule has 2 N–H and O–H groups in total. The Morgan fingerprint density at radius 1 is 1.26 bits per heavy atom. The zero-order chi connectivity index (χ0) is 13.8. The second-order valence-electron chi connectivity index (χ2n) is 4.06. The molecule has 1 aromatic carbocycles. The maximum absolute atomic E-state index is 12.8. The van der Waals surface area contributed by atoms with Gasteiger partial charge in [0.15, 0.2) is 0 Å². The van der Waals surface area contributed by atoms with Crippen LogP contribution in [0.15, 0.2) is 42.5 Å². The topological polar surface area (TPSA) is 59.2 Å². The van der Waals surface area contributed by atoms with E-state index in [2.05, 4.69) is 4.98 Å². The van der Waals surface area contributed by atoms with Crippen molar-refractivity contribution in [3.05, 3.63) is 59.7 Å². The average Bonchev–Trinajstić information content (AvgIpc) is 2.46. The Morgan fingerprint density at radius 2 is 1.95 bits per heavy atom. The number of hydrogen-bond donors (Lipinski definition) is 1. The monoisotopic (exact) mass is 259 g/mol. The molecular formula is C14H14FN3O. The largest absolute Gasteiger partial charge is 0.325 e. The third kappa shape index (κ3) is 2.95. The third-order valence-corrected chi connectivity index (χ3v) is 2.75. The van der Waals surface area contributed by atoms with Gasteiger partial charge in [-0.15, -0.1) is 0 Å². The van der Waals surface area contributed by atoms with Gasteiger partial charge in [0.1, 0.15) is 11.5 Å². The standard InChI is InChI=1S/C14H14FN3O/c1-18(12-7-5-10(15)6-8-12)14(19)13-4-2-3-11(9-16)17-13/h2-8H,9,16H2,1H3. The first kappa shape index (κ1) is 13.2. The molecule has 0 saturated carbocycles. The minimum absolute atomic E-state index is 0.262. The summed E-state index contributed by atoms with van der Waals surface area (Å²) < 4.78 is 12.8. The van der Waals surface area contributed by atoms with Crippen molar-refractivity contribution in [1.29, 1.82) is 0 Å². The zero-order valence-electron chi connectivity index (χ0n) is 10.5. The average molecular weight is 259 g/mol. The van der Waals surface area contributed by atoms with Crippen LogP contribution in [-0.4, -0.2) is 17.9 Å². The molecule has 0 fully saturated rings. The molecule has 4 nitrogen and oxygen atoms in total. The van der Waals surface area contributed by atoms with Gasteiger partial charge in [-0.2, -0.15) is 0 Å². The molecule has 1 amide bonds. The van der Waals surface area contributed by atoms with Crippen LogP contribution in [0, 0.1) is 5.82 Å². The van der Waals surface area contributed by atoms with Gasteiger partial charge in [-0.3, -0.25) is 4.79 Å². The fourth-order valence-electron chi connectivity index (χ4n) is 1.67. The van der Waals surface area contributed by atoms with E-state index in [1.807, 2.05) is 0 Å². The van der Waals surface area contributed by atoms with Crippen LogP contribution in [0.2, 0.25) is 0 Å². The van der Waals surface area contributed by atoms with Crippen molar-refractivity contribution in [3.8, 4) is 0 Å². The Balaban J connectivity index is 2.25. The Labute approximate surface area is 110 Å². The second-order valence-corrected chi connectivity index (χ2v) is 4.06. The smallest absolute Gasteiger partial charge is 0.276 e. The van der Waals surface area contributed by atoms with Crippen LogP contribution in [0.25, 0.3) is 0 Å². The second kappa shape index (κ2) is 5.58. The maximum Gasteiger partial charge on any atom is 0.276 e. The number of halogens is 1. The van der Waals surface area contributed by atoms with Gasteiger partial charge in [0, 0.05) is 19.3 Å². The Bertz CT molecular complexity index is 583.